The van der Waals surface area contributed by atoms with Gasteiger partial charge in [0.05, 0.1) is 18.1 Å². The van der Waals surface area contributed by atoms with Gasteiger partial charge in [-0.3, -0.25) is 9.36 Å². The van der Waals surface area contributed by atoms with Crippen molar-refractivity contribution < 1.29 is 4.74 Å². The zero-order valence-electron chi connectivity index (χ0n) is 16.2. The van der Waals surface area contributed by atoms with Crippen molar-refractivity contribution >= 4 is 33.3 Å². The minimum atomic E-state index is 0.0439. The van der Waals surface area contributed by atoms with Gasteiger partial charge < -0.3 is 4.74 Å². The van der Waals surface area contributed by atoms with E-state index in [1.807, 2.05) is 18.2 Å². The van der Waals surface area contributed by atoms with Crippen LogP contribution >= 0.6 is 23.1 Å². The summed E-state index contributed by atoms with van der Waals surface area (Å²) in [6.45, 7) is 9.20. The van der Waals surface area contributed by atoms with E-state index >= 15 is 0 Å². The highest BCUT2D eigenvalue weighted by atomic mass is 32.2. The third-order valence-corrected chi connectivity index (χ3v) is 7.21. The summed E-state index contributed by atoms with van der Waals surface area (Å²) in [7, 11) is 0. The van der Waals surface area contributed by atoms with Gasteiger partial charge in [-0.05, 0) is 17.0 Å². The minimum Gasteiger partial charge on any atom is -0.372 e. The van der Waals surface area contributed by atoms with Crippen LogP contribution in [0.3, 0.4) is 0 Å². The monoisotopic (exact) mass is 412 g/mol. The molecule has 1 atom stereocenters. The number of thiophene rings is 1. The zero-order chi connectivity index (χ0) is 19.7. The molecule has 0 aliphatic carbocycles. The van der Waals surface area contributed by atoms with Crippen LogP contribution in [0.25, 0.3) is 10.2 Å². The van der Waals surface area contributed by atoms with Crippen LogP contribution in [0.2, 0.25) is 0 Å². The quantitative estimate of drug-likeness (QED) is 0.323. The number of thioether (sulfide) groups is 1. The zero-order valence-corrected chi connectivity index (χ0v) is 17.8. The van der Waals surface area contributed by atoms with E-state index < -0.39 is 0 Å². The summed E-state index contributed by atoms with van der Waals surface area (Å²) in [6.07, 6.45) is 2.71. The van der Waals surface area contributed by atoms with Crippen LogP contribution in [0.1, 0.15) is 29.9 Å². The van der Waals surface area contributed by atoms with Crippen LogP contribution in [0.15, 0.2) is 52.9 Å². The molecule has 0 radical (unpaired) electrons. The van der Waals surface area contributed by atoms with Crippen molar-refractivity contribution in [3.8, 4) is 0 Å². The number of nitrogens with zero attached hydrogens (tertiary/aromatic N) is 2. The number of allylic oxidation sites excluding steroid dienone is 1. The predicted molar refractivity (Wildman–Crippen MR) is 117 cm³/mol. The number of fused-ring (bicyclic) bond motifs is 3. The van der Waals surface area contributed by atoms with Gasteiger partial charge in [-0.1, -0.05) is 62.0 Å². The van der Waals surface area contributed by atoms with E-state index in [0.29, 0.717) is 19.1 Å². The average molecular weight is 413 g/mol. The van der Waals surface area contributed by atoms with Crippen molar-refractivity contribution in [2.24, 2.45) is 5.92 Å². The summed E-state index contributed by atoms with van der Waals surface area (Å²) >= 11 is 3.20. The Morgan fingerprint density at radius 1 is 1.39 bits per heavy atom. The maximum absolute atomic E-state index is 13.4. The number of aromatic nitrogens is 2. The minimum absolute atomic E-state index is 0.0439. The molecule has 4 nitrogen and oxygen atoms in total. The Kier molecular flexibility index (Phi) is 5.71. The first kappa shape index (κ1) is 19.4. The van der Waals surface area contributed by atoms with Crippen LogP contribution in [-0.4, -0.2) is 15.7 Å². The highest BCUT2D eigenvalue weighted by molar-refractivity contribution is 7.98. The smallest absolute Gasteiger partial charge is 0.263 e. The van der Waals surface area contributed by atoms with Gasteiger partial charge in [-0.25, -0.2) is 4.98 Å². The molecule has 2 aromatic heterocycles. The van der Waals surface area contributed by atoms with Crippen LogP contribution in [-0.2, 0) is 30.1 Å². The average Bonchev–Trinajstić information content (AvgIpc) is 3.07. The van der Waals surface area contributed by atoms with E-state index in [1.165, 1.54) is 5.56 Å². The number of benzene rings is 1. The molecule has 28 heavy (non-hydrogen) atoms. The van der Waals surface area contributed by atoms with Crippen LogP contribution in [0.4, 0.5) is 0 Å². The van der Waals surface area contributed by atoms with Crippen molar-refractivity contribution in [2.45, 2.75) is 50.4 Å². The van der Waals surface area contributed by atoms with Gasteiger partial charge in [0.15, 0.2) is 5.16 Å². The first-order valence-electron chi connectivity index (χ1n) is 9.52. The molecular weight excluding hydrogens is 388 g/mol. The number of rotatable bonds is 6. The molecule has 1 aromatic carbocycles. The molecule has 1 aliphatic heterocycles. The summed E-state index contributed by atoms with van der Waals surface area (Å²) in [5.41, 5.74) is 2.40. The van der Waals surface area contributed by atoms with E-state index in [9.17, 15) is 4.79 Å². The van der Waals surface area contributed by atoms with Gasteiger partial charge in [-0.2, -0.15) is 0 Å². The Morgan fingerprint density at radius 3 is 2.89 bits per heavy atom. The molecular formula is C22H24N2O2S2. The molecule has 0 N–H and O–H groups in total. The lowest BCUT2D eigenvalue weighted by molar-refractivity contribution is 0.00200. The second kappa shape index (κ2) is 8.23. The second-order valence-corrected chi connectivity index (χ2v) is 9.38. The van der Waals surface area contributed by atoms with Gasteiger partial charge in [-0.15, -0.1) is 17.9 Å². The van der Waals surface area contributed by atoms with Crippen molar-refractivity contribution in [3.63, 3.8) is 0 Å². The lowest BCUT2D eigenvalue weighted by atomic mass is 9.96. The normalized spacial score (nSPS) is 16.5. The van der Waals surface area contributed by atoms with Crippen molar-refractivity contribution in [1.82, 2.24) is 9.55 Å². The van der Waals surface area contributed by atoms with Crippen LogP contribution in [0, 0.1) is 5.92 Å². The lowest BCUT2D eigenvalue weighted by Gasteiger charge is -2.26. The van der Waals surface area contributed by atoms with E-state index in [0.717, 1.165) is 38.0 Å². The number of ether oxygens (including phenoxy) is 1. The summed E-state index contributed by atoms with van der Waals surface area (Å²) < 4.78 is 7.76. The fraction of sp³-hybridized carbons (Fsp3) is 0.364. The Hall–Kier alpha value is -1.89. The molecule has 3 aromatic rings. The van der Waals surface area contributed by atoms with Crippen molar-refractivity contribution in [3.05, 3.63) is 69.3 Å². The van der Waals surface area contributed by atoms with E-state index in [2.05, 4.69) is 32.6 Å². The molecule has 1 aliphatic rings. The first-order chi connectivity index (χ1) is 13.6. The number of hydrogen-bond donors (Lipinski definition) is 0. The van der Waals surface area contributed by atoms with Gasteiger partial charge in [0.25, 0.3) is 5.56 Å². The molecule has 0 unspecified atom stereocenters. The van der Waals surface area contributed by atoms with Gasteiger partial charge >= 0.3 is 0 Å². The maximum Gasteiger partial charge on any atom is 0.263 e. The van der Waals surface area contributed by atoms with Gasteiger partial charge in [0, 0.05) is 23.6 Å². The maximum atomic E-state index is 13.4. The molecule has 0 amide bonds. The molecule has 3 heterocycles. The fourth-order valence-corrected chi connectivity index (χ4v) is 5.62. The summed E-state index contributed by atoms with van der Waals surface area (Å²) in [4.78, 5) is 20.3. The van der Waals surface area contributed by atoms with Crippen LogP contribution < -0.4 is 5.56 Å². The van der Waals surface area contributed by atoms with Crippen molar-refractivity contribution in [1.29, 1.82) is 0 Å². The van der Waals surface area contributed by atoms with Gasteiger partial charge in [0.1, 0.15) is 4.83 Å². The summed E-state index contributed by atoms with van der Waals surface area (Å²) in [6, 6.07) is 10.3. The Balaban J connectivity index is 1.76. The first-order valence-corrected chi connectivity index (χ1v) is 11.3. The standard InChI is InChI=1S/C22H24N2O2S2/c1-4-10-24-21(25)19-16-11-17(14(2)3)26-12-18(16)28-20(19)23-22(24)27-13-15-8-6-5-7-9-15/h4-9,14,17H,1,10-13H2,2-3H3/t17-/m1/s1. The Morgan fingerprint density at radius 2 is 2.18 bits per heavy atom. The molecule has 0 fully saturated rings. The molecule has 0 spiro atoms. The SMILES string of the molecule is C=CCn1c(SCc2ccccc2)nc2sc3c(c2c1=O)C[C@H](C(C)C)OC3. The molecule has 4 rings (SSSR count). The number of hydrogen-bond acceptors (Lipinski definition) is 5. The largest absolute Gasteiger partial charge is 0.372 e. The third-order valence-electron chi connectivity index (χ3n) is 5.06. The molecule has 146 valence electrons. The van der Waals surface area contributed by atoms with Crippen molar-refractivity contribution in [2.75, 3.05) is 0 Å². The highest BCUT2D eigenvalue weighted by Gasteiger charge is 2.28. The second-order valence-electron chi connectivity index (χ2n) is 7.35. The van der Waals surface area contributed by atoms with E-state index in [-0.39, 0.29) is 11.7 Å². The molecule has 0 bridgehead atoms. The van der Waals surface area contributed by atoms with Gasteiger partial charge in [0.2, 0.25) is 0 Å². The van der Waals surface area contributed by atoms with E-state index in [4.69, 9.17) is 9.72 Å². The lowest BCUT2D eigenvalue weighted by Crippen LogP contribution is -2.28. The molecule has 0 saturated heterocycles. The summed E-state index contributed by atoms with van der Waals surface area (Å²) in [5.74, 6) is 1.20. The fourth-order valence-electron chi connectivity index (χ4n) is 3.49. The molecule has 0 saturated carbocycles. The molecule has 6 heteroatoms. The highest BCUT2D eigenvalue weighted by Crippen LogP contribution is 2.36. The summed E-state index contributed by atoms with van der Waals surface area (Å²) in [5, 5.41) is 1.53. The topological polar surface area (TPSA) is 44.1 Å². The predicted octanol–water partition coefficient (Wildman–Crippen LogP) is 5.03. The Labute approximate surface area is 173 Å². The van der Waals surface area contributed by atoms with Crippen LogP contribution in [0.5, 0.6) is 0 Å². The van der Waals surface area contributed by atoms with E-state index in [1.54, 1.807) is 33.7 Å². The third kappa shape index (κ3) is 3.69. The Bertz CT molecular complexity index is 1050.